The van der Waals surface area contributed by atoms with E-state index in [2.05, 4.69) is 37.3 Å². The molecule has 5 rings (SSSR count). The molecule has 36 heavy (non-hydrogen) atoms. The van der Waals surface area contributed by atoms with Gasteiger partial charge in [0.15, 0.2) is 23.8 Å². The second-order valence-corrected chi connectivity index (χ2v) is 8.50. The van der Waals surface area contributed by atoms with Crippen LogP contribution in [0.4, 0.5) is 5.82 Å². The normalized spacial score (nSPS) is 23.6. The Hall–Kier alpha value is -4.06. The second-order valence-electron chi connectivity index (χ2n) is 8.50. The van der Waals surface area contributed by atoms with E-state index in [0.717, 1.165) is 19.3 Å². The molecule has 2 aliphatic rings. The van der Waals surface area contributed by atoms with Gasteiger partial charge < -0.3 is 35.4 Å². The minimum Gasteiger partial charge on any atom is -0.387 e. The number of carbonyl (C=O) groups excluding carboxylic acids is 2. The number of hydrogen-bond acceptors (Lipinski definition) is 11. The first-order valence-electron chi connectivity index (χ1n) is 11.3. The molecule has 1 aliphatic carbocycles. The van der Waals surface area contributed by atoms with E-state index in [-0.39, 0.29) is 47.1 Å². The monoisotopic (exact) mass is 496 g/mol. The van der Waals surface area contributed by atoms with Crippen molar-refractivity contribution in [3.8, 4) is 11.8 Å². The SMILES string of the molecule is CNC(=O)[C@H]1O[C@@H](n2cnc3c(N)nc(C#CCN(C(=O)c4ccno4)C4CCC4)nc32)[C@H](O)C1O. The molecule has 4 heterocycles. The number of aliphatic hydroxyl groups excluding tert-OH is 2. The molecule has 14 nitrogen and oxygen atoms in total. The Morgan fingerprint density at radius 3 is 2.78 bits per heavy atom. The largest absolute Gasteiger partial charge is 0.387 e. The molecule has 0 radical (unpaired) electrons. The van der Waals surface area contributed by atoms with Crippen LogP contribution in [0.1, 0.15) is 41.9 Å². The number of carbonyl (C=O) groups is 2. The molecule has 0 bridgehead atoms. The lowest BCUT2D eigenvalue weighted by Gasteiger charge is -2.35. The number of fused-ring (bicyclic) bond motifs is 1. The van der Waals surface area contributed by atoms with Gasteiger partial charge in [0.25, 0.3) is 11.8 Å². The van der Waals surface area contributed by atoms with Gasteiger partial charge in [-0.25, -0.2) is 15.0 Å². The molecule has 1 aliphatic heterocycles. The van der Waals surface area contributed by atoms with Gasteiger partial charge in [-0.2, -0.15) is 0 Å². The van der Waals surface area contributed by atoms with Gasteiger partial charge in [-0.15, -0.1) is 0 Å². The number of nitrogens with zero attached hydrogens (tertiary/aromatic N) is 6. The standard InChI is InChI=1S/C22H24N8O6/c1-24-20(33)17-15(31)16(32)22(35-17)30-10-25-14-18(23)27-13(28-19(14)30)6-3-9-29(11-4-2-5-11)21(34)12-7-8-26-36-12/h7-8,10-11,15-17,22,31-32H,2,4-5,9H2,1H3,(H,24,33)(H2,23,27,28)/t15?,16-,17+,22-/m1/s1. The maximum Gasteiger partial charge on any atom is 0.293 e. The van der Waals surface area contributed by atoms with Crippen LogP contribution >= 0.6 is 0 Å². The molecule has 5 N–H and O–H groups in total. The molecule has 2 amide bonds. The maximum atomic E-state index is 12.8. The number of aromatic nitrogens is 5. The Bertz CT molecular complexity index is 1340. The van der Waals surface area contributed by atoms with E-state index in [1.165, 1.54) is 30.2 Å². The fourth-order valence-corrected chi connectivity index (χ4v) is 4.17. The Labute approximate surface area is 204 Å². The number of aliphatic hydroxyl groups is 2. The summed E-state index contributed by atoms with van der Waals surface area (Å²) in [5, 5.41) is 26.7. The summed E-state index contributed by atoms with van der Waals surface area (Å²) in [6, 6.07) is 1.57. The molecule has 0 spiro atoms. The number of imidazole rings is 1. The number of rotatable bonds is 5. The summed E-state index contributed by atoms with van der Waals surface area (Å²) in [5.41, 5.74) is 6.50. The van der Waals surface area contributed by atoms with Gasteiger partial charge in [-0.1, -0.05) is 11.1 Å². The Kier molecular flexibility index (Phi) is 6.27. The Morgan fingerprint density at radius 1 is 1.31 bits per heavy atom. The van der Waals surface area contributed by atoms with Gasteiger partial charge >= 0.3 is 0 Å². The molecule has 14 heteroatoms. The fraction of sp³-hybridized carbons (Fsp3) is 0.455. The van der Waals surface area contributed by atoms with Crippen LogP contribution in [-0.4, -0.2) is 89.5 Å². The van der Waals surface area contributed by atoms with Crippen molar-refractivity contribution in [1.29, 1.82) is 0 Å². The van der Waals surface area contributed by atoms with Gasteiger partial charge in [0.05, 0.1) is 19.1 Å². The summed E-state index contributed by atoms with van der Waals surface area (Å²) < 4.78 is 12.0. The highest BCUT2D eigenvalue weighted by Crippen LogP contribution is 2.32. The quantitative estimate of drug-likeness (QED) is 0.310. The molecule has 1 saturated carbocycles. The second kappa shape index (κ2) is 9.53. The average Bonchev–Trinajstić information content (AvgIpc) is 3.57. The number of anilines is 1. The molecule has 4 atom stereocenters. The first-order valence-corrected chi connectivity index (χ1v) is 11.3. The van der Waals surface area contributed by atoms with Crippen molar-refractivity contribution in [3.05, 3.63) is 30.2 Å². The summed E-state index contributed by atoms with van der Waals surface area (Å²) in [6.07, 6.45) is 0.233. The number of ether oxygens (including phenoxy) is 1. The third-order valence-electron chi connectivity index (χ3n) is 6.34. The number of nitrogens with one attached hydrogen (secondary N) is 1. The Morgan fingerprint density at radius 2 is 2.11 bits per heavy atom. The third-order valence-corrected chi connectivity index (χ3v) is 6.34. The molecule has 188 valence electrons. The van der Waals surface area contributed by atoms with E-state index in [9.17, 15) is 19.8 Å². The van der Waals surface area contributed by atoms with Gasteiger partial charge in [-0.05, 0) is 25.2 Å². The highest BCUT2D eigenvalue weighted by atomic mass is 16.6. The summed E-state index contributed by atoms with van der Waals surface area (Å²) in [4.78, 5) is 39.2. The smallest absolute Gasteiger partial charge is 0.293 e. The predicted octanol–water partition coefficient (Wildman–Crippen LogP) is -1.19. The van der Waals surface area contributed by atoms with Crippen molar-refractivity contribution < 1.29 is 29.1 Å². The molecule has 1 saturated heterocycles. The molecule has 3 aromatic rings. The van der Waals surface area contributed by atoms with Crippen molar-refractivity contribution in [2.75, 3.05) is 19.3 Å². The number of hydrogen-bond donors (Lipinski definition) is 4. The maximum absolute atomic E-state index is 12.8. The van der Waals surface area contributed by atoms with E-state index >= 15 is 0 Å². The van der Waals surface area contributed by atoms with E-state index in [1.54, 1.807) is 4.90 Å². The Balaban J connectivity index is 1.41. The number of nitrogens with two attached hydrogens (primary N) is 1. The van der Waals surface area contributed by atoms with Crippen LogP contribution < -0.4 is 11.1 Å². The third kappa shape index (κ3) is 4.13. The van der Waals surface area contributed by atoms with Crippen LogP contribution in [0.15, 0.2) is 23.1 Å². The van der Waals surface area contributed by atoms with Crippen molar-refractivity contribution in [2.24, 2.45) is 0 Å². The lowest BCUT2D eigenvalue weighted by atomic mass is 9.91. The van der Waals surface area contributed by atoms with Crippen molar-refractivity contribution >= 4 is 28.8 Å². The van der Waals surface area contributed by atoms with Crippen LogP contribution in [-0.2, 0) is 9.53 Å². The van der Waals surface area contributed by atoms with E-state index in [4.69, 9.17) is 15.0 Å². The first kappa shape index (κ1) is 23.7. The molecular formula is C22H24N8O6. The zero-order valence-electron chi connectivity index (χ0n) is 19.2. The van der Waals surface area contributed by atoms with Crippen molar-refractivity contribution in [3.63, 3.8) is 0 Å². The average molecular weight is 496 g/mol. The highest BCUT2D eigenvalue weighted by Gasteiger charge is 2.47. The van der Waals surface area contributed by atoms with Gasteiger partial charge in [0.2, 0.25) is 11.6 Å². The van der Waals surface area contributed by atoms with Crippen LogP contribution in [0.5, 0.6) is 0 Å². The topological polar surface area (TPSA) is 195 Å². The summed E-state index contributed by atoms with van der Waals surface area (Å²) in [5.74, 6) is 5.13. The number of likely N-dealkylation sites (N-methyl/N-ethyl adjacent to an activating group) is 1. The zero-order chi connectivity index (χ0) is 25.4. The van der Waals surface area contributed by atoms with E-state index in [0.29, 0.717) is 0 Å². The fourth-order valence-electron chi connectivity index (χ4n) is 4.17. The molecule has 2 fully saturated rings. The van der Waals surface area contributed by atoms with Crippen LogP contribution in [0, 0.1) is 11.8 Å². The van der Waals surface area contributed by atoms with Crippen LogP contribution in [0.3, 0.4) is 0 Å². The molecular weight excluding hydrogens is 472 g/mol. The van der Waals surface area contributed by atoms with Crippen LogP contribution in [0.2, 0.25) is 0 Å². The van der Waals surface area contributed by atoms with Gasteiger partial charge in [0.1, 0.15) is 17.7 Å². The molecule has 0 aromatic carbocycles. The van der Waals surface area contributed by atoms with Crippen molar-refractivity contribution in [2.45, 2.75) is 49.8 Å². The summed E-state index contributed by atoms with van der Waals surface area (Å²) in [7, 11) is 1.40. The number of nitrogen functional groups attached to an aromatic ring is 1. The summed E-state index contributed by atoms with van der Waals surface area (Å²) in [6.45, 7) is 0.120. The van der Waals surface area contributed by atoms with Gasteiger partial charge in [0, 0.05) is 19.2 Å². The summed E-state index contributed by atoms with van der Waals surface area (Å²) >= 11 is 0. The molecule has 3 aromatic heterocycles. The van der Waals surface area contributed by atoms with E-state index in [1.807, 2.05) is 0 Å². The van der Waals surface area contributed by atoms with Gasteiger partial charge in [-0.3, -0.25) is 14.2 Å². The highest BCUT2D eigenvalue weighted by molar-refractivity contribution is 5.91. The van der Waals surface area contributed by atoms with Crippen LogP contribution in [0.25, 0.3) is 11.2 Å². The minimum atomic E-state index is -1.45. The zero-order valence-corrected chi connectivity index (χ0v) is 19.2. The first-order chi connectivity index (χ1) is 17.4. The van der Waals surface area contributed by atoms with E-state index < -0.39 is 30.4 Å². The van der Waals surface area contributed by atoms with Crippen molar-refractivity contribution in [1.82, 2.24) is 34.9 Å². The number of amides is 2. The lowest BCUT2D eigenvalue weighted by molar-refractivity contribution is -0.137. The lowest BCUT2D eigenvalue weighted by Crippen LogP contribution is -2.44. The minimum absolute atomic E-state index is 0.0486. The molecule has 1 unspecified atom stereocenters. The predicted molar refractivity (Wildman–Crippen MR) is 122 cm³/mol.